The lowest BCUT2D eigenvalue weighted by molar-refractivity contribution is -0.384. The van der Waals surface area contributed by atoms with Gasteiger partial charge >= 0.3 is 6.03 Å². The number of carbonyl (C=O) groups is 2. The molecule has 3 amide bonds. The van der Waals surface area contributed by atoms with Gasteiger partial charge in [0, 0.05) is 41.6 Å². The first-order valence-corrected chi connectivity index (χ1v) is 9.25. The molecule has 0 saturated heterocycles. The summed E-state index contributed by atoms with van der Waals surface area (Å²) in [5.74, 6) is -0.184. The van der Waals surface area contributed by atoms with Crippen LogP contribution >= 0.6 is 11.3 Å². The molecule has 27 heavy (non-hydrogen) atoms. The van der Waals surface area contributed by atoms with Crippen molar-refractivity contribution in [2.24, 2.45) is 0 Å². The maximum atomic E-state index is 12.7. The van der Waals surface area contributed by atoms with Gasteiger partial charge in [0.15, 0.2) is 5.13 Å². The van der Waals surface area contributed by atoms with Crippen molar-refractivity contribution in [2.45, 2.75) is 32.9 Å². The lowest BCUT2D eigenvalue weighted by atomic mass is 10.1. The molecule has 3 rings (SSSR count). The number of thiazole rings is 1. The second-order valence-electron chi connectivity index (χ2n) is 6.42. The Balaban J connectivity index is 1.67. The maximum absolute atomic E-state index is 12.7. The number of aromatic nitrogens is 1. The fourth-order valence-electron chi connectivity index (χ4n) is 2.73. The van der Waals surface area contributed by atoms with Crippen LogP contribution < -0.4 is 10.6 Å². The smallest absolute Gasteiger partial charge is 0.321 e. The van der Waals surface area contributed by atoms with E-state index in [9.17, 15) is 19.7 Å². The molecule has 2 aromatic rings. The van der Waals surface area contributed by atoms with Crippen molar-refractivity contribution < 1.29 is 14.5 Å². The Labute approximate surface area is 159 Å². The normalized spacial score (nSPS) is 13.2. The quantitative estimate of drug-likeness (QED) is 0.616. The minimum atomic E-state index is -0.497. The zero-order valence-corrected chi connectivity index (χ0v) is 15.7. The summed E-state index contributed by atoms with van der Waals surface area (Å²) in [7, 11) is 0. The standard InChI is InChI=1S/C17H19N5O4S/c1-10(2)18-16(24)20-17-19-13-7-8-21(9-14(13)27-17)15(23)11-3-5-12(6-4-11)22(25)26/h3-6,10H,7-9H2,1-2H3,(H2,18,19,20,24). The van der Waals surface area contributed by atoms with Crippen molar-refractivity contribution >= 4 is 34.1 Å². The number of rotatable bonds is 4. The van der Waals surface area contributed by atoms with E-state index in [4.69, 9.17) is 0 Å². The van der Waals surface area contributed by atoms with Gasteiger partial charge in [-0.2, -0.15) is 0 Å². The number of carbonyl (C=O) groups excluding carboxylic acids is 2. The van der Waals surface area contributed by atoms with E-state index in [2.05, 4.69) is 15.6 Å². The summed E-state index contributed by atoms with van der Waals surface area (Å²) in [5, 5.41) is 16.7. The first-order chi connectivity index (χ1) is 12.8. The van der Waals surface area contributed by atoms with Crippen LogP contribution in [0, 0.1) is 10.1 Å². The Morgan fingerprint density at radius 1 is 1.30 bits per heavy atom. The Hall–Kier alpha value is -3.01. The molecule has 142 valence electrons. The molecule has 0 spiro atoms. The fourth-order valence-corrected chi connectivity index (χ4v) is 3.74. The van der Waals surface area contributed by atoms with E-state index in [-0.39, 0.29) is 23.7 Å². The number of nitrogens with zero attached hydrogens (tertiary/aromatic N) is 3. The number of nitrogens with one attached hydrogen (secondary N) is 2. The Morgan fingerprint density at radius 2 is 2.00 bits per heavy atom. The number of non-ortho nitro benzene ring substituents is 1. The molecule has 2 N–H and O–H groups in total. The van der Waals surface area contributed by atoms with Crippen LogP contribution in [-0.4, -0.2) is 39.3 Å². The number of urea groups is 1. The second-order valence-corrected chi connectivity index (χ2v) is 7.51. The predicted molar refractivity (Wildman–Crippen MR) is 101 cm³/mol. The van der Waals surface area contributed by atoms with Crippen LogP contribution in [0.15, 0.2) is 24.3 Å². The SMILES string of the molecule is CC(C)NC(=O)Nc1nc2c(s1)CN(C(=O)c1ccc([N+](=O)[O-])cc1)CC2. The van der Waals surface area contributed by atoms with Crippen LogP contribution in [-0.2, 0) is 13.0 Å². The third-order valence-corrected chi connectivity index (χ3v) is 4.98. The molecule has 9 nitrogen and oxygen atoms in total. The highest BCUT2D eigenvalue weighted by Crippen LogP contribution is 2.29. The van der Waals surface area contributed by atoms with Gasteiger partial charge in [0.2, 0.25) is 0 Å². The van der Waals surface area contributed by atoms with E-state index in [0.717, 1.165) is 10.6 Å². The number of nitro groups is 1. The van der Waals surface area contributed by atoms with E-state index in [1.807, 2.05) is 13.8 Å². The Morgan fingerprint density at radius 3 is 2.63 bits per heavy atom. The average Bonchev–Trinajstić information content (AvgIpc) is 3.01. The first-order valence-electron chi connectivity index (χ1n) is 8.43. The number of hydrogen-bond donors (Lipinski definition) is 2. The molecule has 0 fully saturated rings. The van der Waals surface area contributed by atoms with Gasteiger partial charge in [0.25, 0.3) is 11.6 Å². The molecule has 10 heteroatoms. The number of hydrogen-bond acceptors (Lipinski definition) is 6. The highest BCUT2D eigenvalue weighted by Gasteiger charge is 2.25. The van der Waals surface area contributed by atoms with Crippen molar-refractivity contribution in [1.29, 1.82) is 0 Å². The average molecular weight is 389 g/mol. The summed E-state index contributed by atoms with van der Waals surface area (Å²) in [6, 6.07) is 5.29. The van der Waals surface area contributed by atoms with Crippen LogP contribution in [0.2, 0.25) is 0 Å². The summed E-state index contributed by atoms with van der Waals surface area (Å²) in [6.07, 6.45) is 0.595. The van der Waals surface area contributed by atoms with Gasteiger partial charge in [-0.05, 0) is 26.0 Å². The molecule has 0 atom stereocenters. The molecular weight excluding hydrogens is 370 g/mol. The molecule has 1 aliphatic rings. The van der Waals surface area contributed by atoms with E-state index < -0.39 is 4.92 Å². The van der Waals surface area contributed by atoms with Gasteiger partial charge in [-0.15, -0.1) is 0 Å². The lowest BCUT2D eigenvalue weighted by Crippen LogP contribution is -2.35. The second kappa shape index (κ2) is 7.70. The molecule has 0 bridgehead atoms. The molecular formula is C17H19N5O4S. The van der Waals surface area contributed by atoms with E-state index in [1.165, 1.54) is 35.6 Å². The third-order valence-electron chi connectivity index (χ3n) is 3.98. The van der Waals surface area contributed by atoms with Crippen LogP contribution in [0.3, 0.4) is 0 Å². The maximum Gasteiger partial charge on any atom is 0.321 e. The van der Waals surface area contributed by atoms with Crippen LogP contribution in [0.4, 0.5) is 15.6 Å². The molecule has 1 aromatic carbocycles. The van der Waals surface area contributed by atoms with Crippen molar-refractivity contribution in [3.8, 4) is 0 Å². The zero-order valence-electron chi connectivity index (χ0n) is 14.9. The minimum absolute atomic E-state index is 0.0226. The van der Waals surface area contributed by atoms with Gasteiger partial charge in [-0.3, -0.25) is 20.2 Å². The Kier molecular flexibility index (Phi) is 5.36. The van der Waals surface area contributed by atoms with Crippen molar-refractivity contribution in [3.63, 3.8) is 0 Å². The van der Waals surface area contributed by atoms with Crippen molar-refractivity contribution in [3.05, 3.63) is 50.5 Å². The number of fused-ring (bicyclic) bond motifs is 1. The van der Waals surface area contributed by atoms with Gasteiger partial charge in [-0.25, -0.2) is 9.78 Å². The number of amides is 3. The van der Waals surface area contributed by atoms with Gasteiger partial charge < -0.3 is 10.2 Å². The molecule has 2 heterocycles. The first kappa shape index (κ1) is 18.8. The molecule has 0 saturated carbocycles. The monoisotopic (exact) mass is 389 g/mol. The predicted octanol–water partition coefficient (Wildman–Crippen LogP) is 2.78. The molecule has 0 radical (unpaired) electrons. The summed E-state index contributed by atoms with van der Waals surface area (Å²) < 4.78 is 0. The number of benzene rings is 1. The fraction of sp³-hybridized carbons (Fsp3) is 0.353. The van der Waals surface area contributed by atoms with Crippen LogP contribution in [0.1, 0.15) is 34.8 Å². The van der Waals surface area contributed by atoms with E-state index in [1.54, 1.807) is 4.90 Å². The summed E-state index contributed by atoms with van der Waals surface area (Å²) in [5.41, 5.74) is 1.24. The summed E-state index contributed by atoms with van der Waals surface area (Å²) in [6.45, 7) is 4.64. The molecule has 0 aliphatic carbocycles. The van der Waals surface area contributed by atoms with Crippen LogP contribution in [0.5, 0.6) is 0 Å². The molecule has 1 aromatic heterocycles. The van der Waals surface area contributed by atoms with E-state index in [0.29, 0.717) is 30.2 Å². The summed E-state index contributed by atoms with van der Waals surface area (Å²) >= 11 is 1.35. The molecule has 0 unspecified atom stereocenters. The van der Waals surface area contributed by atoms with Gasteiger partial charge in [0.05, 0.1) is 17.2 Å². The largest absolute Gasteiger partial charge is 0.336 e. The number of anilines is 1. The van der Waals surface area contributed by atoms with Crippen molar-refractivity contribution in [1.82, 2.24) is 15.2 Å². The minimum Gasteiger partial charge on any atom is -0.336 e. The van der Waals surface area contributed by atoms with Gasteiger partial charge in [-0.1, -0.05) is 11.3 Å². The highest BCUT2D eigenvalue weighted by atomic mass is 32.1. The number of nitro benzene ring substituents is 1. The zero-order chi connectivity index (χ0) is 19.6. The highest BCUT2D eigenvalue weighted by molar-refractivity contribution is 7.15. The Bertz CT molecular complexity index is 878. The third kappa shape index (κ3) is 4.40. The van der Waals surface area contributed by atoms with E-state index >= 15 is 0 Å². The van der Waals surface area contributed by atoms with Crippen molar-refractivity contribution in [2.75, 3.05) is 11.9 Å². The van der Waals surface area contributed by atoms with Gasteiger partial charge in [0.1, 0.15) is 0 Å². The molecule has 1 aliphatic heterocycles. The van der Waals surface area contributed by atoms with Crippen LogP contribution in [0.25, 0.3) is 0 Å². The topological polar surface area (TPSA) is 117 Å². The summed E-state index contributed by atoms with van der Waals surface area (Å²) in [4.78, 5) is 41.7. The lowest BCUT2D eigenvalue weighted by Gasteiger charge is -2.26.